The van der Waals surface area contributed by atoms with Gasteiger partial charge in [0, 0.05) is 43.0 Å². The minimum Gasteiger partial charge on any atom is -0.367 e. The van der Waals surface area contributed by atoms with E-state index in [1.165, 1.54) is 5.56 Å². The van der Waals surface area contributed by atoms with Gasteiger partial charge in [-0.05, 0) is 44.4 Å². The van der Waals surface area contributed by atoms with E-state index >= 15 is 0 Å². The van der Waals surface area contributed by atoms with Crippen molar-refractivity contribution in [2.24, 2.45) is 5.92 Å². The molecule has 9 nitrogen and oxygen atoms in total. The van der Waals surface area contributed by atoms with Crippen molar-refractivity contribution in [2.75, 3.05) is 23.7 Å². The molecule has 2 amide bonds. The quantitative estimate of drug-likeness (QED) is 0.424. The minimum absolute atomic E-state index is 0.123. The Balaban J connectivity index is 1.47. The van der Waals surface area contributed by atoms with Gasteiger partial charge in [0.25, 0.3) is 0 Å². The molecule has 2 aliphatic heterocycles. The van der Waals surface area contributed by atoms with Gasteiger partial charge in [-0.2, -0.15) is 5.10 Å². The van der Waals surface area contributed by atoms with Crippen LogP contribution in [0.3, 0.4) is 0 Å². The fourth-order valence-electron chi connectivity index (χ4n) is 5.06. The van der Waals surface area contributed by atoms with Crippen LogP contribution >= 0.6 is 0 Å². The van der Waals surface area contributed by atoms with E-state index in [2.05, 4.69) is 61.7 Å². The number of amides is 2. The highest BCUT2D eigenvalue weighted by Crippen LogP contribution is 2.42. The molecule has 4 N–H and O–H groups in total. The third kappa shape index (κ3) is 4.68. The second-order valence-corrected chi connectivity index (χ2v) is 9.88. The largest absolute Gasteiger partial charge is 0.367 e. The molecule has 9 heteroatoms. The molecule has 5 rings (SSSR count). The van der Waals surface area contributed by atoms with Crippen LogP contribution in [0.15, 0.2) is 42.6 Å². The second kappa shape index (κ2) is 9.58. The van der Waals surface area contributed by atoms with Crippen molar-refractivity contribution in [3.05, 3.63) is 53.7 Å². The molecule has 1 aromatic carbocycles. The first kappa shape index (κ1) is 23.2. The molecule has 0 saturated carbocycles. The van der Waals surface area contributed by atoms with Crippen LogP contribution in [0.5, 0.6) is 0 Å². The van der Waals surface area contributed by atoms with Crippen LogP contribution in [0.4, 0.5) is 11.6 Å². The lowest BCUT2D eigenvalue weighted by molar-refractivity contribution is -0.136. The fourth-order valence-corrected chi connectivity index (χ4v) is 5.06. The van der Waals surface area contributed by atoms with Gasteiger partial charge in [-0.15, -0.1) is 0 Å². The predicted octanol–water partition coefficient (Wildman–Crippen LogP) is 3.35. The summed E-state index contributed by atoms with van der Waals surface area (Å²) in [6.07, 6.45) is 2.97. The van der Waals surface area contributed by atoms with Gasteiger partial charge >= 0.3 is 11.8 Å². The van der Waals surface area contributed by atoms with E-state index in [-0.39, 0.29) is 12.1 Å². The van der Waals surface area contributed by atoms with Crippen LogP contribution in [0, 0.1) is 5.92 Å². The number of nitrogens with one attached hydrogen (secondary N) is 4. The third-order valence-electron chi connectivity index (χ3n) is 6.88. The SMILES string of the molecule is CC(C)NC(=O)C(=O)Nc1nn([C@H]2CN(Cc3ccccc3)CC[C@H]2C)c2c1CNc1[nH]ccc1-2. The van der Waals surface area contributed by atoms with E-state index in [0.717, 1.165) is 48.7 Å². The van der Waals surface area contributed by atoms with E-state index < -0.39 is 11.8 Å². The molecule has 1 saturated heterocycles. The van der Waals surface area contributed by atoms with E-state index in [4.69, 9.17) is 5.10 Å². The highest BCUT2D eigenvalue weighted by atomic mass is 16.2. The van der Waals surface area contributed by atoms with Crippen LogP contribution in [-0.2, 0) is 22.7 Å². The van der Waals surface area contributed by atoms with Gasteiger partial charge in [-0.25, -0.2) is 0 Å². The van der Waals surface area contributed by atoms with Gasteiger partial charge in [-0.3, -0.25) is 19.2 Å². The molecule has 2 aromatic heterocycles. The van der Waals surface area contributed by atoms with E-state index in [9.17, 15) is 9.59 Å². The Labute approximate surface area is 205 Å². The van der Waals surface area contributed by atoms with Crippen LogP contribution in [0.1, 0.15) is 44.4 Å². The number of nitrogens with zero attached hydrogens (tertiary/aromatic N) is 3. The highest BCUT2D eigenvalue weighted by Gasteiger charge is 2.35. The average Bonchev–Trinajstić information content (AvgIpc) is 3.45. The third-order valence-corrected chi connectivity index (χ3v) is 6.88. The summed E-state index contributed by atoms with van der Waals surface area (Å²) in [5, 5.41) is 13.7. The van der Waals surface area contributed by atoms with Gasteiger partial charge in [0.1, 0.15) is 5.82 Å². The maximum absolute atomic E-state index is 12.6. The lowest BCUT2D eigenvalue weighted by Crippen LogP contribution is -2.41. The summed E-state index contributed by atoms with van der Waals surface area (Å²) >= 11 is 0. The molecule has 0 aliphatic carbocycles. The molecule has 184 valence electrons. The van der Waals surface area contributed by atoms with Crippen molar-refractivity contribution in [1.82, 2.24) is 25.0 Å². The molecular weight excluding hydrogens is 442 g/mol. The first-order chi connectivity index (χ1) is 16.9. The van der Waals surface area contributed by atoms with Gasteiger partial charge < -0.3 is 20.9 Å². The number of fused-ring (bicyclic) bond motifs is 3. The zero-order valence-corrected chi connectivity index (χ0v) is 20.5. The van der Waals surface area contributed by atoms with Gasteiger partial charge in [0.15, 0.2) is 5.82 Å². The normalized spacial score (nSPS) is 19.5. The van der Waals surface area contributed by atoms with Crippen molar-refractivity contribution in [3.8, 4) is 11.3 Å². The first-order valence-electron chi connectivity index (χ1n) is 12.3. The van der Waals surface area contributed by atoms with Crippen molar-refractivity contribution >= 4 is 23.5 Å². The monoisotopic (exact) mass is 475 g/mol. The highest BCUT2D eigenvalue weighted by molar-refractivity contribution is 6.39. The van der Waals surface area contributed by atoms with Crippen molar-refractivity contribution in [2.45, 2.75) is 52.4 Å². The predicted molar refractivity (Wildman–Crippen MR) is 136 cm³/mol. The molecule has 2 atom stereocenters. The number of likely N-dealkylation sites (tertiary alicyclic amines) is 1. The Morgan fingerprint density at radius 1 is 1.17 bits per heavy atom. The summed E-state index contributed by atoms with van der Waals surface area (Å²) in [6.45, 7) is 9.22. The van der Waals surface area contributed by atoms with Crippen molar-refractivity contribution in [1.29, 1.82) is 0 Å². The Bertz CT molecular complexity index is 1210. The zero-order chi connectivity index (χ0) is 24.5. The topological polar surface area (TPSA) is 107 Å². The number of rotatable bonds is 5. The van der Waals surface area contributed by atoms with Gasteiger partial charge in [0.05, 0.1) is 11.7 Å². The molecule has 35 heavy (non-hydrogen) atoms. The van der Waals surface area contributed by atoms with E-state index in [0.29, 0.717) is 18.3 Å². The van der Waals surface area contributed by atoms with Crippen LogP contribution < -0.4 is 16.0 Å². The lowest BCUT2D eigenvalue weighted by atomic mass is 9.92. The summed E-state index contributed by atoms with van der Waals surface area (Å²) < 4.78 is 2.08. The van der Waals surface area contributed by atoms with Crippen LogP contribution in [0.2, 0.25) is 0 Å². The molecule has 1 fully saturated rings. The summed E-state index contributed by atoms with van der Waals surface area (Å²) in [4.78, 5) is 30.6. The number of carbonyl (C=O) groups excluding carboxylic acids is 2. The van der Waals surface area contributed by atoms with Gasteiger partial charge in [-0.1, -0.05) is 37.3 Å². The number of hydrogen-bond acceptors (Lipinski definition) is 5. The maximum Gasteiger partial charge on any atom is 0.314 e. The van der Waals surface area contributed by atoms with Crippen LogP contribution in [-0.4, -0.2) is 50.6 Å². The number of aromatic nitrogens is 3. The molecule has 0 radical (unpaired) electrons. The number of H-pyrrole nitrogens is 1. The number of aromatic amines is 1. The summed E-state index contributed by atoms with van der Waals surface area (Å²) in [6, 6.07) is 12.6. The summed E-state index contributed by atoms with van der Waals surface area (Å²) in [5.74, 6) is 0.438. The molecule has 3 aromatic rings. The Hall–Kier alpha value is -3.59. The standard InChI is InChI=1S/C26H33N7O2/c1-16(2)29-25(34)26(35)30-24-20-13-28-23-19(9-11-27-23)22(20)33(31-24)21-15-32(12-10-17(21)3)14-18-7-5-4-6-8-18/h4-9,11,16-17,21,27-28H,10,12-15H2,1-3H3,(H,29,34)(H,30,31,35)/t17-,21+/m1/s1. The smallest absolute Gasteiger partial charge is 0.314 e. The van der Waals surface area contributed by atoms with Crippen LogP contribution in [0.25, 0.3) is 11.3 Å². The molecule has 2 aliphatic rings. The van der Waals surface area contributed by atoms with E-state index in [1.54, 1.807) is 0 Å². The number of piperidine rings is 1. The number of hydrogen-bond donors (Lipinski definition) is 4. The molecule has 0 unspecified atom stereocenters. The first-order valence-corrected chi connectivity index (χ1v) is 12.3. The zero-order valence-electron chi connectivity index (χ0n) is 20.5. The summed E-state index contributed by atoms with van der Waals surface area (Å²) in [5.41, 5.74) is 4.22. The molecule has 0 bridgehead atoms. The second-order valence-electron chi connectivity index (χ2n) is 9.88. The Kier molecular flexibility index (Phi) is 6.34. The summed E-state index contributed by atoms with van der Waals surface area (Å²) in [7, 11) is 0. The number of anilines is 2. The number of benzene rings is 1. The molecule has 0 spiro atoms. The maximum atomic E-state index is 12.6. The Morgan fingerprint density at radius 2 is 1.97 bits per heavy atom. The number of carbonyl (C=O) groups is 2. The molecular formula is C26H33N7O2. The van der Waals surface area contributed by atoms with Crippen molar-refractivity contribution < 1.29 is 9.59 Å². The average molecular weight is 476 g/mol. The molecule has 4 heterocycles. The lowest BCUT2D eigenvalue weighted by Gasteiger charge is -2.38. The van der Waals surface area contributed by atoms with Gasteiger partial charge in [0.2, 0.25) is 0 Å². The van der Waals surface area contributed by atoms with Crippen molar-refractivity contribution in [3.63, 3.8) is 0 Å². The Morgan fingerprint density at radius 3 is 2.74 bits per heavy atom. The fraction of sp³-hybridized carbons (Fsp3) is 0.423. The minimum atomic E-state index is -0.701. The van der Waals surface area contributed by atoms with E-state index in [1.807, 2.05) is 32.2 Å².